The Morgan fingerprint density at radius 2 is 1.36 bits per heavy atom. The summed E-state index contributed by atoms with van der Waals surface area (Å²) in [5, 5.41) is 0. The van der Waals surface area contributed by atoms with Crippen molar-refractivity contribution in [2.75, 3.05) is 6.61 Å². The third-order valence-electron chi connectivity index (χ3n) is 5.25. The van der Waals surface area contributed by atoms with Crippen LogP contribution in [0.25, 0.3) is 0 Å². The molecule has 172 valence electrons. The Morgan fingerprint density at radius 3 is 2.00 bits per heavy atom. The zero-order valence-electron chi connectivity index (χ0n) is 18.9. The van der Waals surface area contributed by atoms with Crippen LogP contribution in [0.5, 0.6) is 11.5 Å². The Hall–Kier alpha value is -3.60. The summed E-state index contributed by atoms with van der Waals surface area (Å²) in [6.45, 7) is 2.25. The lowest BCUT2D eigenvalue weighted by atomic mass is 9.91. The van der Waals surface area contributed by atoms with E-state index in [2.05, 4.69) is 6.92 Å². The quantitative estimate of drug-likeness (QED) is 0.249. The molecule has 5 heteroatoms. The van der Waals surface area contributed by atoms with Crippen LogP contribution in [0.3, 0.4) is 0 Å². The molecule has 3 aromatic carbocycles. The van der Waals surface area contributed by atoms with Crippen molar-refractivity contribution in [2.24, 2.45) is 0 Å². The first-order chi connectivity index (χ1) is 16.1. The number of rotatable bonds is 12. The fraction of sp³-hybridized carbons (Fsp3) is 0.286. The molecule has 0 aliphatic carbocycles. The summed E-state index contributed by atoms with van der Waals surface area (Å²) in [5.74, 6) is 0.000260. The molecule has 0 aliphatic rings. The van der Waals surface area contributed by atoms with E-state index in [9.17, 15) is 9.59 Å². The molecule has 0 aromatic heterocycles. The zero-order chi connectivity index (χ0) is 23.3. The standard InChI is InChI=1S/C28H30O5/c1-2-3-12-24(23-13-8-5-9-14-23)19-27(29)33-28(30)21-32-26-17-15-25(16-18-26)31-20-22-10-6-4-7-11-22/h4-11,13-18,24H,2-3,12,19-21H2,1H3. The molecule has 0 fully saturated rings. The molecule has 5 nitrogen and oxygen atoms in total. The summed E-state index contributed by atoms with van der Waals surface area (Å²) in [6, 6.07) is 26.7. The van der Waals surface area contributed by atoms with Crippen molar-refractivity contribution in [3.63, 3.8) is 0 Å². The van der Waals surface area contributed by atoms with E-state index in [0.717, 1.165) is 30.4 Å². The van der Waals surface area contributed by atoms with Crippen LogP contribution in [0.4, 0.5) is 0 Å². The van der Waals surface area contributed by atoms with E-state index in [1.807, 2.05) is 60.7 Å². The molecule has 3 aromatic rings. The lowest BCUT2D eigenvalue weighted by Gasteiger charge is -2.16. The monoisotopic (exact) mass is 446 g/mol. The Bertz CT molecular complexity index is 984. The average Bonchev–Trinajstić information content (AvgIpc) is 2.86. The summed E-state index contributed by atoms with van der Waals surface area (Å²) < 4.78 is 16.2. The second kappa shape index (κ2) is 13.1. The molecular formula is C28H30O5. The number of hydrogen-bond donors (Lipinski definition) is 0. The zero-order valence-corrected chi connectivity index (χ0v) is 18.9. The van der Waals surface area contributed by atoms with Crippen molar-refractivity contribution >= 4 is 11.9 Å². The summed E-state index contributed by atoms with van der Waals surface area (Å²) in [5.41, 5.74) is 2.16. The largest absolute Gasteiger partial charge is 0.489 e. The van der Waals surface area contributed by atoms with Gasteiger partial charge in [0.25, 0.3) is 0 Å². The van der Waals surface area contributed by atoms with Crippen molar-refractivity contribution in [1.82, 2.24) is 0 Å². The van der Waals surface area contributed by atoms with Gasteiger partial charge >= 0.3 is 11.9 Å². The van der Waals surface area contributed by atoms with Crippen LogP contribution in [0, 0.1) is 0 Å². The van der Waals surface area contributed by atoms with Crippen LogP contribution in [0.2, 0.25) is 0 Å². The van der Waals surface area contributed by atoms with Crippen molar-refractivity contribution in [2.45, 2.75) is 45.1 Å². The van der Waals surface area contributed by atoms with Crippen LogP contribution in [0.1, 0.15) is 49.7 Å². The number of carbonyl (C=O) groups is 2. The fourth-order valence-electron chi connectivity index (χ4n) is 3.48. The van der Waals surface area contributed by atoms with Gasteiger partial charge in [-0.2, -0.15) is 0 Å². The van der Waals surface area contributed by atoms with Gasteiger partial charge < -0.3 is 14.2 Å². The number of hydrogen-bond acceptors (Lipinski definition) is 5. The van der Waals surface area contributed by atoms with E-state index >= 15 is 0 Å². The first kappa shape index (κ1) is 24.1. The van der Waals surface area contributed by atoms with Gasteiger partial charge in [0.15, 0.2) is 6.61 Å². The smallest absolute Gasteiger partial charge is 0.351 e. The van der Waals surface area contributed by atoms with Gasteiger partial charge in [0.2, 0.25) is 0 Å². The Balaban J connectivity index is 1.42. The van der Waals surface area contributed by atoms with Crippen molar-refractivity contribution in [3.8, 4) is 11.5 Å². The molecule has 0 saturated heterocycles. The molecule has 1 atom stereocenters. The number of unbranched alkanes of at least 4 members (excludes halogenated alkanes) is 1. The summed E-state index contributed by atoms with van der Waals surface area (Å²) in [7, 11) is 0. The van der Waals surface area contributed by atoms with E-state index < -0.39 is 11.9 Å². The summed E-state index contributed by atoms with van der Waals surface area (Å²) >= 11 is 0. The van der Waals surface area contributed by atoms with Crippen LogP contribution < -0.4 is 9.47 Å². The predicted molar refractivity (Wildman–Crippen MR) is 127 cm³/mol. The predicted octanol–water partition coefficient (Wildman–Crippen LogP) is 6.08. The molecule has 0 heterocycles. The molecule has 3 rings (SSSR count). The van der Waals surface area contributed by atoms with Crippen molar-refractivity contribution in [3.05, 3.63) is 96.1 Å². The minimum atomic E-state index is -0.702. The third kappa shape index (κ3) is 8.45. The molecular weight excluding hydrogens is 416 g/mol. The van der Waals surface area contributed by atoms with Gasteiger partial charge in [0, 0.05) is 0 Å². The molecule has 0 spiro atoms. The van der Waals surface area contributed by atoms with Crippen molar-refractivity contribution in [1.29, 1.82) is 0 Å². The highest BCUT2D eigenvalue weighted by molar-refractivity contribution is 5.86. The van der Waals surface area contributed by atoms with Gasteiger partial charge in [-0.25, -0.2) is 4.79 Å². The molecule has 0 aliphatic heterocycles. The van der Waals surface area contributed by atoms with Gasteiger partial charge in [-0.3, -0.25) is 4.79 Å². The Labute approximate surface area is 195 Å². The molecule has 0 N–H and O–H groups in total. The van der Waals surface area contributed by atoms with Gasteiger partial charge in [-0.1, -0.05) is 80.4 Å². The first-order valence-electron chi connectivity index (χ1n) is 11.3. The van der Waals surface area contributed by atoms with Crippen LogP contribution >= 0.6 is 0 Å². The Morgan fingerprint density at radius 1 is 0.758 bits per heavy atom. The number of ether oxygens (including phenoxy) is 3. The van der Waals surface area contributed by atoms with Crippen LogP contribution in [0.15, 0.2) is 84.9 Å². The van der Waals surface area contributed by atoms with E-state index in [-0.39, 0.29) is 18.9 Å². The van der Waals surface area contributed by atoms with E-state index in [4.69, 9.17) is 14.2 Å². The van der Waals surface area contributed by atoms with E-state index in [0.29, 0.717) is 18.1 Å². The number of carbonyl (C=O) groups excluding carboxylic acids is 2. The van der Waals surface area contributed by atoms with E-state index in [1.54, 1.807) is 24.3 Å². The highest BCUT2D eigenvalue weighted by atomic mass is 16.6. The third-order valence-corrected chi connectivity index (χ3v) is 5.25. The minimum absolute atomic E-state index is 0.0378. The summed E-state index contributed by atoms with van der Waals surface area (Å²) in [6.07, 6.45) is 3.10. The minimum Gasteiger partial charge on any atom is -0.489 e. The Kier molecular flexibility index (Phi) is 9.52. The lowest BCUT2D eigenvalue weighted by molar-refractivity contribution is -0.161. The van der Waals surface area contributed by atoms with E-state index in [1.165, 1.54) is 0 Å². The van der Waals surface area contributed by atoms with Gasteiger partial charge in [-0.15, -0.1) is 0 Å². The molecule has 0 bridgehead atoms. The number of esters is 2. The highest BCUT2D eigenvalue weighted by Gasteiger charge is 2.19. The van der Waals surface area contributed by atoms with Crippen molar-refractivity contribution < 1.29 is 23.8 Å². The molecule has 0 amide bonds. The maximum atomic E-state index is 12.3. The normalized spacial score (nSPS) is 11.4. The molecule has 33 heavy (non-hydrogen) atoms. The number of benzene rings is 3. The maximum absolute atomic E-state index is 12.3. The second-order valence-electron chi connectivity index (χ2n) is 7.83. The highest BCUT2D eigenvalue weighted by Crippen LogP contribution is 2.26. The van der Waals surface area contributed by atoms with Gasteiger partial charge in [0.05, 0.1) is 6.42 Å². The second-order valence-corrected chi connectivity index (χ2v) is 7.83. The fourth-order valence-corrected chi connectivity index (χ4v) is 3.48. The first-order valence-corrected chi connectivity index (χ1v) is 11.3. The lowest BCUT2D eigenvalue weighted by Crippen LogP contribution is -2.20. The topological polar surface area (TPSA) is 61.8 Å². The van der Waals surface area contributed by atoms with Gasteiger partial charge in [0.1, 0.15) is 18.1 Å². The molecule has 0 saturated carbocycles. The molecule has 1 unspecified atom stereocenters. The SMILES string of the molecule is CCCCC(CC(=O)OC(=O)COc1ccc(OCc2ccccc2)cc1)c1ccccc1. The molecule has 0 radical (unpaired) electrons. The summed E-state index contributed by atoms with van der Waals surface area (Å²) in [4.78, 5) is 24.4. The van der Waals surface area contributed by atoms with Gasteiger partial charge in [-0.05, 0) is 47.7 Å². The maximum Gasteiger partial charge on any atom is 0.351 e. The van der Waals surface area contributed by atoms with Crippen LogP contribution in [-0.2, 0) is 20.9 Å². The average molecular weight is 447 g/mol. The van der Waals surface area contributed by atoms with Crippen LogP contribution in [-0.4, -0.2) is 18.5 Å².